The summed E-state index contributed by atoms with van der Waals surface area (Å²) in [6.45, 7) is 8.99. The Balaban J connectivity index is 1.49. The van der Waals surface area contributed by atoms with Crippen molar-refractivity contribution in [2.24, 2.45) is 0 Å². The van der Waals surface area contributed by atoms with E-state index in [4.69, 9.17) is 0 Å². The topological polar surface area (TPSA) is 115 Å². The number of rotatable bonds is 7. The van der Waals surface area contributed by atoms with Crippen molar-refractivity contribution >= 4 is 11.8 Å². The number of aliphatic hydroxyl groups is 1. The minimum Gasteiger partial charge on any atom is -0.388 e. The number of hydrogen-bond acceptors (Lipinski definition) is 5. The van der Waals surface area contributed by atoms with Gasteiger partial charge in [-0.15, -0.1) is 0 Å². The number of nitrogens with zero attached hydrogens (tertiary/aromatic N) is 2. The van der Waals surface area contributed by atoms with Crippen molar-refractivity contribution in [2.75, 3.05) is 6.54 Å². The summed E-state index contributed by atoms with van der Waals surface area (Å²) in [6, 6.07) is 16.5. The Morgan fingerprint density at radius 1 is 1.13 bits per heavy atom. The minimum atomic E-state index is -1.09. The normalized spacial score (nSPS) is 19.4. The molecular formula is C30H36N4O4. The predicted molar refractivity (Wildman–Crippen MR) is 146 cm³/mol. The van der Waals surface area contributed by atoms with Gasteiger partial charge in [-0.05, 0) is 82.3 Å². The molecule has 4 rings (SSSR count). The van der Waals surface area contributed by atoms with Crippen LogP contribution in [0.2, 0.25) is 0 Å². The van der Waals surface area contributed by atoms with E-state index >= 15 is 0 Å². The second-order valence-electron chi connectivity index (χ2n) is 11.0. The van der Waals surface area contributed by atoms with Crippen LogP contribution in [0, 0.1) is 13.8 Å². The molecule has 2 heterocycles. The summed E-state index contributed by atoms with van der Waals surface area (Å²) in [5.74, 6) is -0.596. The van der Waals surface area contributed by atoms with Gasteiger partial charge in [-0.3, -0.25) is 14.4 Å². The van der Waals surface area contributed by atoms with Crippen LogP contribution in [0.25, 0.3) is 0 Å². The van der Waals surface area contributed by atoms with Gasteiger partial charge >= 0.3 is 0 Å². The smallest absolute Gasteiger partial charge is 0.267 e. The number of hydrogen-bond donors (Lipinski definition) is 3. The molecule has 3 N–H and O–H groups in total. The molecule has 1 aliphatic rings. The molecule has 0 bridgehead atoms. The molecule has 0 spiro atoms. The number of likely N-dealkylation sites (tertiary alicyclic amines) is 1. The van der Waals surface area contributed by atoms with Crippen LogP contribution in [0.4, 0.5) is 0 Å². The van der Waals surface area contributed by atoms with Gasteiger partial charge in [0.25, 0.3) is 11.5 Å². The number of nitrogens with one attached hydrogen (secondary N) is 2. The Hall–Kier alpha value is -3.78. The van der Waals surface area contributed by atoms with Crippen LogP contribution in [-0.4, -0.2) is 50.2 Å². The number of H-pyrrole nitrogens is 1. The Kier molecular flexibility index (Phi) is 7.56. The van der Waals surface area contributed by atoms with E-state index < -0.39 is 11.1 Å². The molecule has 2 amide bonds. The Morgan fingerprint density at radius 3 is 2.50 bits per heavy atom. The van der Waals surface area contributed by atoms with Crippen LogP contribution in [0.15, 0.2) is 59.4 Å². The van der Waals surface area contributed by atoms with Crippen LogP contribution in [0.1, 0.15) is 71.9 Å². The summed E-state index contributed by atoms with van der Waals surface area (Å²) in [5, 5.41) is 20.0. The number of aromatic nitrogens is 2. The first-order chi connectivity index (χ1) is 17.9. The zero-order valence-corrected chi connectivity index (χ0v) is 22.7. The predicted octanol–water partition coefficient (Wildman–Crippen LogP) is 3.38. The number of aryl methyl sites for hydroxylation is 2. The number of aromatic amines is 1. The van der Waals surface area contributed by atoms with E-state index in [0.29, 0.717) is 30.4 Å². The van der Waals surface area contributed by atoms with Crippen molar-refractivity contribution in [2.45, 2.75) is 71.1 Å². The van der Waals surface area contributed by atoms with Crippen molar-refractivity contribution in [3.63, 3.8) is 0 Å². The maximum Gasteiger partial charge on any atom is 0.267 e. The molecule has 8 heteroatoms. The molecule has 1 saturated heterocycles. The van der Waals surface area contributed by atoms with E-state index in [9.17, 15) is 19.5 Å². The van der Waals surface area contributed by atoms with Crippen molar-refractivity contribution in [1.82, 2.24) is 20.4 Å². The monoisotopic (exact) mass is 516 g/mol. The zero-order chi connectivity index (χ0) is 27.7. The Labute approximate surface area is 223 Å². The standard InChI is InChI=1S/C30H36N4O4/c1-19-15-22(12-11-21(19)17-23-16-20(2)32-33-28(23)37)27(36)31-18-26(35)34-25(29(3,4)38)13-14-30(34,5)24-9-7-6-8-10-24/h6-12,15-16,25,38H,13-14,17-18H2,1-5H3,(H,31,36)(H,33,37)/t25?,30-/m0/s1. The van der Waals surface area contributed by atoms with Crippen LogP contribution >= 0.6 is 0 Å². The maximum atomic E-state index is 13.6. The first kappa shape index (κ1) is 27.3. The summed E-state index contributed by atoms with van der Waals surface area (Å²) in [5.41, 5.74) is 2.66. The molecular weight excluding hydrogens is 480 g/mol. The van der Waals surface area contributed by atoms with Crippen molar-refractivity contribution in [3.05, 3.63) is 98.5 Å². The van der Waals surface area contributed by atoms with Gasteiger partial charge in [-0.1, -0.05) is 36.4 Å². The fraction of sp³-hybridized carbons (Fsp3) is 0.400. The average molecular weight is 517 g/mol. The largest absolute Gasteiger partial charge is 0.388 e. The lowest BCUT2D eigenvalue weighted by atomic mass is 9.89. The first-order valence-electron chi connectivity index (χ1n) is 12.9. The second-order valence-corrected chi connectivity index (χ2v) is 11.0. The number of carbonyl (C=O) groups excluding carboxylic acids is 2. The average Bonchev–Trinajstić information content (AvgIpc) is 3.25. The van der Waals surface area contributed by atoms with Crippen molar-refractivity contribution in [1.29, 1.82) is 0 Å². The highest BCUT2D eigenvalue weighted by Gasteiger charge is 2.51. The fourth-order valence-corrected chi connectivity index (χ4v) is 5.49. The van der Waals surface area contributed by atoms with E-state index in [0.717, 1.165) is 22.4 Å². The van der Waals surface area contributed by atoms with Gasteiger partial charge in [0.05, 0.1) is 29.4 Å². The summed E-state index contributed by atoms with van der Waals surface area (Å²) >= 11 is 0. The Morgan fingerprint density at radius 2 is 1.84 bits per heavy atom. The molecule has 0 aliphatic carbocycles. The van der Waals surface area contributed by atoms with Gasteiger partial charge < -0.3 is 15.3 Å². The number of carbonyl (C=O) groups is 2. The SMILES string of the molecule is Cc1cc(Cc2ccc(C(=O)NCC(=O)N3C(C(C)(C)O)CC[C@@]3(C)c3ccccc3)cc2C)c(=O)[nH]n1. The van der Waals surface area contributed by atoms with E-state index in [2.05, 4.69) is 15.5 Å². The fourth-order valence-electron chi connectivity index (χ4n) is 5.49. The molecule has 1 aromatic heterocycles. The quantitative estimate of drug-likeness (QED) is 0.445. The summed E-state index contributed by atoms with van der Waals surface area (Å²) in [7, 11) is 0. The van der Waals surface area contributed by atoms with Gasteiger partial charge in [-0.2, -0.15) is 5.10 Å². The van der Waals surface area contributed by atoms with E-state index in [1.54, 1.807) is 36.9 Å². The molecule has 0 saturated carbocycles. The molecule has 8 nitrogen and oxygen atoms in total. The third-order valence-corrected chi connectivity index (χ3v) is 7.62. The lowest BCUT2D eigenvalue weighted by Gasteiger charge is -2.43. The van der Waals surface area contributed by atoms with E-state index in [1.165, 1.54) is 0 Å². The molecule has 38 heavy (non-hydrogen) atoms. The molecule has 2 aromatic carbocycles. The van der Waals surface area contributed by atoms with Gasteiger partial charge in [0.15, 0.2) is 0 Å². The first-order valence-corrected chi connectivity index (χ1v) is 12.9. The van der Waals surface area contributed by atoms with Crippen LogP contribution in [0.3, 0.4) is 0 Å². The van der Waals surface area contributed by atoms with E-state index in [-0.39, 0.29) is 30.0 Å². The molecule has 1 aliphatic heterocycles. The number of benzene rings is 2. The summed E-state index contributed by atoms with van der Waals surface area (Å²) < 4.78 is 0. The second kappa shape index (κ2) is 10.5. The highest BCUT2D eigenvalue weighted by molar-refractivity contribution is 5.96. The Bertz CT molecular complexity index is 1390. The molecule has 3 aromatic rings. The third kappa shape index (κ3) is 5.55. The summed E-state index contributed by atoms with van der Waals surface area (Å²) in [4.78, 5) is 40.4. The van der Waals surface area contributed by atoms with Gasteiger partial charge in [-0.25, -0.2) is 5.10 Å². The zero-order valence-electron chi connectivity index (χ0n) is 22.7. The van der Waals surface area contributed by atoms with Crippen LogP contribution < -0.4 is 10.9 Å². The van der Waals surface area contributed by atoms with Crippen LogP contribution in [-0.2, 0) is 16.8 Å². The maximum absolute atomic E-state index is 13.6. The number of amides is 2. The molecule has 2 atom stereocenters. The molecule has 200 valence electrons. The molecule has 1 unspecified atom stereocenters. The molecule has 1 fully saturated rings. The van der Waals surface area contributed by atoms with Gasteiger partial charge in [0.1, 0.15) is 0 Å². The van der Waals surface area contributed by atoms with E-state index in [1.807, 2.05) is 57.2 Å². The summed E-state index contributed by atoms with van der Waals surface area (Å²) in [6.07, 6.45) is 1.80. The lowest BCUT2D eigenvalue weighted by molar-refractivity contribution is -0.142. The minimum absolute atomic E-state index is 0.180. The highest BCUT2D eigenvalue weighted by Crippen LogP contribution is 2.44. The van der Waals surface area contributed by atoms with Gasteiger partial charge in [0, 0.05) is 17.5 Å². The van der Waals surface area contributed by atoms with Crippen LogP contribution in [0.5, 0.6) is 0 Å². The third-order valence-electron chi connectivity index (χ3n) is 7.62. The van der Waals surface area contributed by atoms with Crippen molar-refractivity contribution in [3.8, 4) is 0 Å². The molecule has 0 radical (unpaired) electrons. The lowest BCUT2D eigenvalue weighted by Crippen LogP contribution is -2.56. The van der Waals surface area contributed by atoms with Gasteiger partial charge in [0.2, 0.25) is 5.91 Å². The van der Waals surface area contributed by atoms with Crippen molar-refractivity contribution < 1.29 is 14.7 Å². The highest BCUT2D eigenvalue weighted by atomic mass is 16.3.